The van der Waals surface area contributed by atoms with Crippen LogP contribution >= 0.6 is 11.8 Å². The summed E-state index contributed by atoms with van der Waals surface area (Å²) >= 11 is 0.723. The van der Waals surface area contributed by atoms with Gasteiger partial charge in [0.25, 0.3) is 0 Å². The summed E-state index contributed by atoms with van der Waals surface area (Å²) in [6.07, 6.45) is 0. The number of hydrogen-bond acceptors (Lipinski definition) is 5. The molecule has 1 heterocycles. The smallest absolute Gasteiger partial charge is 0.214 e. The van der Waals surface area contributed by atoms with Crippen LogP contribution in [-0.2, 0) is 5.75 Å². The maximum atomic E-state index is 13.7. The molecule has 0 radical (unpaired) electrons. The van der Waals surface area contributed by atoms with Crippen LogP contribution < -0.4 is 4.74 Å². The van der Waals surface area contributed by atoms with Gasteiger partial charge in [0.1, 0.15) is 5.75 Å². The summed E-state index contributed by atoms with van der Waals surface area (Å²) < 4.78 is 73.3. The predicted octanol–water partition coefficient (Wildman–Crippen LogP) is 3.66. The molecule has 1 aromatic heterocycles. The minimum atomic E-state index is -2.20. The van der Waals surface area contributed by atoms with E-state index in [1.807, 2.05) is 0 Å². The van der Waals surface area contributed by atoms with Crippen LogP contribution in [0.4, 0.5) is 22.0 Å². The zero-order valence-corrected chi connectivity index (χ0v) is 13.8. The highest BCUT2D eigenvalue weighted by Crippen LogP contribution is 2.29. The van der Waals surface area contributed by atoms with Crippen molar-refractivity contribution >= 4 is 11.8 Å². The molecule has 3 aromatic rings. The second kappa shape index (κ2) is 7.28. The highest BCUT2D eigenvalue weighted by molar-refractivity contribution is 7.98. The topological polar surface area (TPSA) is 52.8 Å². The molecule has 3 rings (SSSR count). The third-order valence-electron chi connectivity index (χ3n) is 3.40. The Balaban J connectivity index is 1.87. The van der Waals surface area contributed by atoms with Crippen molar-refractivity contribution in [2.75, 3.05) is 7.11 Å². The van der Waals surface area contributed by atoms with Gasteiger partial charge < -0.3 is 4.74 Å². The van der Waals surface area contributed by atoms with E-state index in [-0.39, 0.29) is 5.16 Å². The largest absolute Gasteiger partial charge is 0.497 e. The first-order chi connectivity index (χ1) is 12.4. The van der Waals surface area contributed by atoms with E-state index in [4.69, 9.17) is 4.74 Å². The van der Waals surface area contributed by atoms with Gasteiger partial charge in [-0.2, -0.15) is 4.68 Å². The second-order valence-corrected chi connectivity index (χ2v) is 5.85. The van der Waals surface area contributed by atoms with Crippen molar-refractivity contribution in [3.63, 3.8) is 0 Å². The molecule has 11 heteroatoms. The van der Waals surface area contributed by atoms with Crippen LogP contribution in [0.3, 0.4) is 0 Å². The van der Waals surface area contributed by atoms with Gasteiger partial charge in [0.2, 0.25) is 11.0 Å². The number of nitrogens with zero attached hydrogens (tertiary/aromatic N) is 4. The Morgan fingerprint density at radius 2 is 1.50 bits per heavy atom. The molecule has 0 aliphatic carbocycles. The number of benzene rings is 2. The molecule has 2 aromatic carbocycles. The Morgan fingerprint density at radius 1 is 0.923 bits per heavy atom. The van der Waals surface area contributed by atoms with Gasteiger partial charge in [-0.15, -0.1) is 5.10 Å². The monoisotopic (exact) mass is 388 g/mol. The lowest BCUT2D eigenvalue weighted by Gasteiger charge is -2.08. The third-order valence-corrected chi connectivity index (χ3v) is 4.35. The van der Waals surface area contributed by atoms with E-state index >= 15 is 0 Å². The van der Waals surface area contributed by atoms with E-state index in [0.29, 0.717) is 11.4 Å². The van der Waals surface area contributed by atoms with Crippen molar-refractivity contribution in [1.29, 1.82) is 0 Å². The number of tetrazole rings is 1. The van der Waals surface area contributed by atoms with E-state index in [0.717, 1.165) is 11.8 Å². The molecule has 136 valence electrons. The second-order valence-electron chi connectivity index (χ2n) is 4.91. The molecule has 0 atom stereocenters. The number of thioether (sulfide) groups is 1. The van der Waals surface area contributed by atoms with Crippen molar-refractivity contribution in [1.82, 2.24) is 20.2 Å². The zero-order chi connectivity index (χ0) is 18.8. The summed E-state index contributed by atoms with van der Waals surface area (Å²) in [6.45, 7) is 0. The van der Waals surface area contributed by atoms with Crippen molar-refractivity contribution in [2.45, 2.75) is 10.9 Å². The summed E-state index contributed by atoms with van der Waals surface area (Å²) in [6, 6.07) is 6.57. The molecule has 0 aliphatic heterocycles. The number of hydrogen-bond donors (Lipinski definition) is 0. The minimum Gasteiger partial charge on any atom is -0.497 e. The van der Waals surface area contributed by atoms with Gasteiger partial charge in [-0.25, -0.2) is 22.0 Å². The molecule has 0 aliphatic rings. The van der Waals surface area contributed by atoms with Crippen molar-refractivity contribution in [2.24, 2.45) is 0 Å². The lowest BCUT2D eigenvalue weighted by molar-refractivity contribution is 0.372. The SMILES string of the molecule is COc1ccc(-n2nnnc2SCc2c(F)c(F)c(F)c(F)c2F)cc1. The van der Waals surface area contributed by atoms with Crippen molar-refractivity contribution in [3.05, 3.63) is 58.9 Å². The van der Waals surface area contributed by atoms with Gasteiger partial charge in [-0.05, 0) is 34.7 Å². The molecule has 0 bridgehead atoms. The average Bonchev–Trinajstić information content (AvgIpc) is 3.13. The molecule has 0 fully saturated rings. The van der Waals surface area contributed by atoms with Crippen LogP contribution in [0.15, 0.2) is 29.4 Å². The fraction of sp³-hybridized carbons (Fsp3) is 0.133. The maximum Gasteiger partial charge on any atom is 0.214 e. The number of halogens is 5. The van der Waals surface area contributed by atoms with Crippen LogP contribution in [0.1, 0.15) is 5.56 Å². The lowest BCUT2D eigenvalue weighted by atomic mass is 10.2. The normalized spacial score (nSPS) is 11.0. The van der Waals surface area contributed by atoms with Crippen LogP contribution in [0.25, 0.3) is 5.69 Å². The van der Waals surface area contributed by atoms with Gasteiger partial charge >= 0.3 is 0 Å². The summed E-state index contributed by atoms with van der Waals surface area (Å²) in [4.78, 5) is 0. The first-order valence-corrected chi connectivity index (χ1v) is 7.98. The zero-order valence-electron chi connectivity index (χ0n) is 13.0. The fourth-order valence-corrected chi connectivity index (χ4v) is 2.95. The first kappa shape index (κ1) is 18.1. The van der Waals surface area contributed by atoms with Gasteiger partial charge in [0.15, 0.2) is 23.3 Å². The maximum absolute atomic E-state index is 13.7. The fourth-order valence-electron chi connectivity index (χ4n) is 2.07. The van der Waals surface area contributed by atoms with Crippen molar-refractivity contribution in [3.8, 4) is 11.4 Å². The average molecular weight is 388 g/mol. The van der Waals surface area contributed by atoms with E-state index < -0.39 is 40.4 Å². The Labute approximate surface area is 147 Å². The molecule has 0 N–H and O–H groups in total. The van der Waals surface area contributed by atoms with E-state index in [9.17, 15) is 22.0 Å². The predicted molar refractivity (Wildman–Crippen MR) is 81.5 cm³/mol. The standard InChI is InChI=1S/C15H9F5N4OS/c1-25-8-4-2-7(3-5-8)24-15(21-22-23-24)26-6-9-10(16)12(18)14(20)13(19)11(9)17/h2-5H,6H2,1H3. The Bertz CT molecular complexity index is 919. The summed E-state index contributed by atoms with van der Waals surface area (Å²) in [5, 5.41) is 11.0. The summed E-state index contributed by atoms with van der Waals surface area (Å²) in [5.74, 6) is -9.89. The van der Waals surface area contributed by atoms with E-state index in [1.54, 1.807) is 24.3 Å². The molecule has 5 nitrogen and oxygen atoms in total. The van der Waals surface area contributed by atoms with E-state index in [2.05, 4.69) is 15.5 Å². The molecule has 0 unspecified atom stereocenters. The number of rotatable bonds is 5. The quantitative estimate of drug-likeness (QED) is 0.289. The van der Waals surface area contributed by atoms with Crippen LogP contribution in [0.2, 0.25) is 0 Å². The molecule has 0 saturated heterocycles. The van der Waals surface area contributed by atoms with Gasteiger partial charge in [0, 0.05) is 11.3 Å². The third kappa shape index (κ3) is 3.21. The first-order valence-electron chi connectivity index (χ1n) is 7.00. The number of ether oxygens (including phenoxy) is 1. The Kier molecular flexibility index (Phi) is 5.07. The summed E-state index contributed by atoms with van der Waals surface area (Å²) in [7, 11) is 1.50. The highest BCUT2D eigenvalue weighted by atomic mass is 32.2. The van der Waals surface area contributed by atoms with Crippen molar-refractivity contribution < 1.29 is 26.7 Å². The van der Waals surface area contributed by atoms with E-state index in [1.165, 1.54) is 11.8 Å². The van der Waals surface area contributed by atoms with Gasteiger partial charge in [-0.3, -0.25) is 0 Å². The van der Waals surface area contributed by atoms with Gasteiger partial charge in [-0.1, -0.05) is 11.8 Å². The summed E-state index contributed by atoms with van der Waals surface area (Å²) in [5.41, 5.74) is -0.425. The molecule has 26 heavy (non-hydrogen) atoms. The van der Waals surface area contributed by atoms with Gasteiger partial charge in [0.05, 0.1) is 12.8 Å². The molecular formula is C15H9F5N4OS. The van der Waals surface area contributed by atoms with Crippen LogP contribution in [0, 0.1) is 29.1 Å². The highest BCUT2D eigenvalue weighted by Gasteiger charge is 2.26. The lowest BCUT2D eigenvalue weighted by Crippen LogP contribution is -2.06. The molecular weight excluding hydrogens is 379 g/mol. The number of aromatic nitrogens is 4. The number of methoxy groups -OCH3 is 1. The molecule has 0 amide bonds. The minimum absolute atomic E-state index is 0.110. The Hall–Kier alpha value is -2.69. The molecule has 0 saturated carbocycles. The Morgan fingerprint density at radius 3 is 2.08 bits per heavy atom. The molecule has 0 spiro atoms. The van der Waals surface area contributed by atoms with Crippen LogP contribution in [0.5, 0.6) is 5.75 Å². The van der Waals surface area contributed by atoms with Crippen LogP contribution in [-0.4, -0.2) is 27.3 Å².